The van der Waals surface area contributed by atoms with Crippen LogP contribution >= 0.6 is 11.6 Å². The van der Waals surface area contributed by atoms with Crippen molar-refractivity contribution in [2.24, 2.45) is 5.10 Å². The third-order valence-corrected chi connectivity index (χ3v) is 3.49. The van der Waals surface area contributed by atoms with E-state index in [1.165, 1.54) is 18.2 Å². The molecule has 1 amide bonds. The molecular weight excluding hydrogens is 316 g/mol. The van der Waals surface area contributed by atoms with Crippen LogP contribution in [0.1, 0.15) is 29.3 Å². The van der Waals surface area contributed by atoms with E-state index in [1.54, 1.807) is 7.11 Å². The number of hydrazone groups is 1. The second-order valence-electron chi connectivity index (χ2n) is 4.74. The number of amides is 1. The van der Waals surface area contributed by atoms with Crippen molar-refractivity contribution < 1.29 is 14.6 Å². The number of halogens is 1. The van der Waals surface area contributed by atoms with E-state index in [1.807, 2.05) is 31.2 Å². The van der Waals surface area contributed by atoms with Gasteiger partial charge in [0.1, 0.15) is 11.5 Å². The number of nitrogens with zero attached hydrogens (tertiary/aromatic N) is 1. The Bertz CT molecular complexity index is 727. The molecule has 6 heteroatoms. The van der Waals surface area contributed by atoms with Gasteiger partial charge >= 0.3 is 0 Å². The van der Waals surface area contributed by atoms with E-state index in [4.69, 9.17) is 16.3 Å². The molecule has 120 valence electrons. The highest BCUT2D eigenvalue weighted by molar-refractivity contribution is 6.31. The highest BCUT2D eigenvalue weighted by Crippen LogP contribution is 2.21. The van der Waals surface area contributed by atoms with Crippen molar-refractivity contribution in [2.45, 2.75) is 13.3 Å². The molecule has 0 saturated heterocycles. The Labute approximate surface area is 139 Å². The molecule has 0 bridgehead atoms. The minimum absolute atomic E-state index is 0.0754. The standard InChI is InChI=1S/C17H17ClN2O3/c1-3-15(11-4-7-13(23-2)8-5-11)19-20-17(22)14-10-12(18)6-9-16(14)21/h4-10,21H,3H2,1-2H3,(H,20,22). The van der Waals surface area contributed by atoms with Crippen LogP contribution in [0.2, 0.25) is 5.02 Å². The van der Waals surface area contributed by atoms with E-state index in [-0.39, 0.29) is 11.3 Å². The Morgan fingerprint density at radius 3 is 2.57 bits per heavy atom. The first-order chi connectivity index (χ1) is 11.0. The third kappa shape index (κ3) is 4.23. The zero-order chi connectivity index (χ0) is 16.8. The first-order valence-electron chi connectivity index (χ1n) is 7.05. The first kappa shape index (κ1) is 16.8. The van der Waals surface area contributed by atoms with Crippen molar-refractivity contribution in [2.75, 3.05) is 7.11 Å². The van der Waals surface area contributed by atoms with Gasteiger partial charge in [0, 0.05) is 5.02 Å². The summed E-state index contributed by atoms with van der Waals surface area (Å²) in [5.41, 5.74) is 4.11. The molecule has 0 spiro atoms. The normalized spacial score (nSPS) is 11.2. The molecule has 0 fully saturated rings. The number of hydrogen-bond donors (Lipinski definition) is 2. The molecule has 23 heavy (non-hydrogen) atoms. The fourth-order valence-corrected chi connectivity index (χ4v) is 2.17. The van der Waals surface area contributed by atoms with Crippen LogP contribution in [0.25, 0.3) is 0 Å². The fraction of sp³-hybridized carbons (Fsp3) is 0.176. The topological polar surface area (TPSA) is 70.9 Å². The number of methoxy groups -OCH3 is 1. The summed E-state index contributed by atoms with van der Waals surface area (Å²) in [5.74, 6) is 0.0751. The zero-order valence-corrected chi connectivity index (χ0v) is 13.6. The molecule has 0 saturated carbocycles. The number of carbonyl (C=O) groups excluding carboxylic acids is 1. The molecule has 0 aliphatic rings. The average molecular weight is 333 g/mol. The number of phenols is 1. The largest absolute Gasteiger partial charge is 0.507 e. The van der Waals surface area contributed by atoms with Crippen LogP contribution in [0.4, 0.5) is 0 Å². The number of phenolic OH excluding ortho intramolecular Hbond substituents is 1. The van der Waals surface area contributed by atoms with Gasteiger partial charge in [0.15, 0.2) is 0 Å². The van der Waals surface area contributed by atoms with Gasteiger partial charge in [0.2, 0.25) is 0 Å². The summed E-state index contributed by atoms with van der Waals surface area (Å²) in [5, 5.41) is 14.2. The molecule has 2 aromatic rings. The summed E-state index contributed by atoms with van der Waals surface area (Å²) in [6, 6.07) is 11.6. The Morgan fingerprint density at radius 1 is 1.26 bits per heavy atom. The number of ether oxygens (including phenoxy) is 1. The average Bonchev–Trinajstić information content (AvgIpc) is 2.58. The minimum atomic E-state index is -0.524. The van der Waals surface area contributed by atoms with E-state index in [0.29, 0.717) is 17.2 Å². The maximum atomic E-state index is 12.1. The van der Waals surface area contributed by atoms with E-state index in [2.05, 4.69) is 10.5 Å². The number of rotatable bonds is 5. The maximum Gasteiger partial charge on any atom is 0.275 e. The number of hydrogen-bond acceptors (Lipinski definition) is 4. The molecule has 0 heterocycles. The molecule has 0 atom stereocenters. The summed E-state index contributed by atoms with van der Waals surface area (Å²) >= 11 is 5.84. The van der Waals surface area contributed by atoms with E-state index in [0.717, 1.165) is 11.3 Å². The molecule has 0 radical (unpaired) electrons. The van der Waals surface area contributed by atoms with Gasteiger partial charge in [0.05, 0.1) is 18.4 Å². The smallest absolute Gasteiger partial charge is 0.275 e. The van der Waals surface area contributed by atoms with Crippen LogP contribution in [-0.4, -0.2) is 23.8 Å². The lowest BCUT2D eigenvalue weighted by Gasteiger charge is -2.07. The van der Waals surface area contributed by atoms with Crippen LogP contribution in [0, 0.1) is 0 Å². The van der Waals surface area contributed by atoms with Crippen LogP contribution < -0.4 is 10.2 Å². The second-order valence-corrected chi connectivity index (χ2v) is 5.18. The Kier molecular flexibility index (Phi) is 5.60. The highest BCUT2D eigenvalue weighted by Gasteiger charge is 2.11. The molecule has 0 aliphatic carbocycles. The molecule has 2 aromatic carbocycles. The SMILES string of the molecule is CCC(=NNC(=O)c1cc(Cl)ccc1O)c1ccc(OC)cc1. The van der Waals surface area contributed by atoms with Gasteiger partial charge in [-0.1, -0.05) is 18.5 Å². The van der Waals surface area contributed by atoms with Crippen molar-refractivity contribution in [1.29, 1.82) is 0 Å². The minimum Gasteiger partial charge on any atom is -0.507 e. The maximum absolute atomic E-state index is 12.1. The zero-order valence-electron chi connectivity index (χ0n) is 12.8. The van der Waals surface area contributed by atoms with Crippen molar-refractivity contribution in [1.82, 2.24) is 5.43 Å². The van der Waals surface area contributed by atoms with E-state index >= 15 is 0 Å². The predicted octanol–water partition coefficient (Wildman–Crippen LogP) is 3.60. The summed E-state index contributed by atoms with van der Waals surface area (Å²) in [4.78, 5) is 12.1. The lowest BCUT2D eigenvalue weighted by molar-refractivity contribution is 0.0952. The summed E-state index contributed by atoms with van der Waals surface area (Å²) in [6.45, 7) is 1.94. The lowest BCUT2D eigenvalue weighted by atomic mass is 10.1. The first-order valence-corrected chi connectivity index (χ1v) is 7.42. The van der Waals surface area contributed by atoms with E-state index in [9.17, 15) is 9.90 Å². The molecule has 5 nitrogen and oxygen atoms in total. The fourth-order valence-electron chi connectivity index (χ4n) is 2.00. The molecule has 0 aliphatic heterocycles. The van der Waals surface area contributed by atoms with Crippen LogP contribution in [0.15, 0.2) is 47.6 Å². The predicted molar refractivity (Wildman–Crippen MR) is 90.4 cm³/mol. The highest BCUT2D eigenvalue weighted by atomic mass is 35.5. The summed E-state index contributed by atoms with van der Waals surface area (Å²) in [6.07, 6.45) is 0.633. The van der Waals surface area contributed by atoms with E-state index < -0.39 is 5.91 Å². The van der Waals surface area contributed by atoms with Crippen molar-refractivity contribution in [3.63, 3.8) is 0 Å². The van der Waals surface area contributed by atoms with Gasteiger partial charge in [-0.15, -0.1) is 0 Å². The number of benzene rings is 2. The Balaban J connectivity index is 2.18. The Morgan fingerprint density at radius 2 is 1.96 bits per heavy atom. The van der Waals surface area contributed by atoms with Gasteiger partial charge in [-0.25, -0.2) is 5.43 Å². The lowest BCUT2D eigenvalue weighted by Crippen LogP contribution is -2.20. The molecular formula is C17H17ClN2O3. The van der Waals surface area contributed by atoms with Crippen molar-refractivity contribution in [3.8, 4) is 11.5 Å². The molecule has 0 unspecified atom stereocenters. The van der Waals surface area contributed by atoms with Gasteiger partial charge < -0.3 is 9.84 Å². The van der Waals surface area contributed by atoms with Crippen LogP contribution in [-0.2, 0) is 0 Å². The van der Waals surface area contributed by atoms with Crippen LogP contribution in [0.3, 0.4) is 0 Å². The van der Waals surface area contributed by atoms with Crippen molar-refractivity contribution in [3.05, 3.63) is 58.6 Å². The van der Waals surface area contributed by atoms with Crippen molar-refractivity contribution >= 4 is 23.2 Å². The van der Waals surface area contributed by atoms with Gasteiger partial charge in [-0.05, 0) is 54.4 Å². The van der Waals surface area contributed by atoms with Gasteiger partial charge in [-0.3, -0.25) is 4.79 Å². The summed E-state index contributed by atoms with van der Waals surface area (Å²) in [7, 11) is 1.60. The number of nitrogens with one attached hydrogen (secondary N) is 1. The number of aromatic hydroxyl groups is 1. The monoisotopic (exact) mass is 332 g/mol. The van der Waals surface area contributed by atoms with Crippen LogP contribution in [0.5, 0.6) is 11.5 Å². The molecule has 0 aromatic heterocycles. The van der Waals surface area contributed by atoms with Gasteiger partial charge in [-0.2, -0.15) is 5.10 Å². The summed E-state index contributed by atoms with van der Waals surface area (Å²) < 4.78 is 5.11. The molecule has 2 rings (SSSR count). The quantitative estimate of drug-likeness (QED) is 0.649. The van der Waals surface area contributed by atoms with Gasteiger partial charge in [0.25, 0.3) is 5.91 Å². The molecule has 2 N–H and O–H groups in total. The number of carbonyl (C=O) groups is 1. The Hall–Kier alpha value is -2.53. The second kappa shape index (κ2) is 7.65. The third-order valence-electron chi connectivity index (χ3n) is 3.25.